The zero-order valence-corrected chi connectivity index (χ0v) is 6.31. The van der Waals surface area contributed by atoms with E-state index in [4.69, 9.17) is 0 Å². The molecule has 0 aromatic heterocycles. The summed E-state index contributed by atoms with van der Waals surface area (Å²) in [5.74, 6) is 0. The van der Waals surface area contributed by atoms with E-state index in [9.17, 15) is 4.39 Å². The van der Waals surface area contributed by atoms with Gasteiger partial charge in [0.2, 0.25) is 0 Å². The first kappa shape index (κ1) is 6.75. The van der Waals surface area contributed by atoms with Gasteiger partial charge in [0.1, 0.15) is 0 Å². The summed E-state index contributed by atoms with van der Waals surface area (Å²) in [6.07, 6.45) is 0. The molecule has 1 aromatic carbocycles. The van der Waals surface area contributed by atoms with E-state index in [1.165, 1.54) is 0 Å². The quantitative estimate of drug-likeness (QED) is 0.594. The lowest BCUT2D eigenvalue weighted by Gasteiger charge is -1.96. The highest BCUT2D eigenvalue weighted by molar-refractivity contribution is 9.09. The molecule has 1 unspecified atom stereocenters. The van der Waals surface area contributed by atoms with Crippen LogP contribution in [0.1, 0.15) is 10.6 Å². The van der Waals surface area contributed by atoms with E-state index in [2.05, 4.69) is 15.9 Å². The lowest BCUT2D eigenvalue weighted by atomic mass is 10.2. The lowest BCUT2D eigenvalue weighted by molar-refractivity contribution is 0.479. The summed E-state index contributed by atoms with van der Waals surface area (Å²) in [5, 5.41) is -1.03. The minimum absolute atomic E-state index is 0.664. The SMILES string of the molecule is [18F]C(Br)c1ccccc1. The topological polar surface area (TPSA) is 0 Å². The maximum absolute atomic E-state index is 12.4. The molecule has 9 heavy (non-hydrogen) atoms. The first-order valence-electron chi connectivity index (χ1n) is 2.64. The van der Waals surface area contributed by atoms with Crippen LogP contribution in [0.4, 0.5) is 4.39 Å². The van der Waals surface area contributed by atoms with E-state index in [1.54, 1.807) is 12.1 Å². The molecule has 0 N–H and O–H groups in total. The number of hydrogen-bond acceptors (Lipinski definition) is 0. The van der Waals surface area contributed by atoms with Crippen molar-refractivity contribution in [3.63, 3.8) is 0 Å². The summed E-state index contributed by atoms with van der Waals surface area (Å²) in [4.78, 5) is 0. The van der Waals surface area contributed by atoms with Crippen LogP contribution in [0, 0.1) is 0 Å². The fraction of sp³-hybridized carbons (Fsp3) is 0.143. The van der Waals surface area contributed by atoms with Gasteiger partial charge in [0.25, 0.3) is 0 Å². The molecule has 0 fully saturated rings. The third-order valence-corrected chi connectivity index (χ3v) is 1.58. The molecule has 0 heterocycles. The Morgan fingerprint density at radius 3 is 2.11 bits per heavy atom. The van der Waals surface area contributed by atoms with Crippen LogP contribution in [0.15, 0.2) is 30.3 Å². The van der Waals surface area contributed by atoms with Crippen molar-refractivity contribution in [2.24, 2.45) is 0 Å². The van der Waals surface area contributed by atoms with E-state index in [0.29, 0.717) is 5.56 Å². The number of alkyl halides is 2. The van der Waals surface area contributed by atoms with E-state index in [0.717, 1.165) is 0 Å². The molecule has 1 rings (SSSR count). The van der Waals surface area contributed by atoms with E-state index in [1.807, 2.05) is 18.2 Å². The summed E-state index contributed by atoms with van der Waals surface area (Å²) in [6.45, 7) is 0. The van der Waals surface area contributed by atoms with Gasteiger partial charge in [-0.15, -0.1) is 0 Å². The number of hydrogen-bond donors (Lipinski definition) is 0. The molecule has 0 aliphatic heterocycles. The first-order valence-corrected chi connectivity index (χ1v) is 3.55. The van der Waals surface area contributed by atoms with Crippen molar-refractivity contribution in [3.05, 3.63) is 35.9 Å². The van der Waals surface area contributed by atoms with Crippen LogP contribution < -0.4 is 0 Å². The van der Waals surface area contributed by atoms with E-state index < -0.39 is 5.08 Å². The van der Waals surface area contributed by atoms with Gasteiger partial charge in [0.05, 0.1) is 0 Å². The molecule has 0 amide bonds. The Balaban J connectivity index is 2.85. The van der Waals surface area contributed by atoms with Crippen molar-refractivity contribution in [3.8, 4) is 0 Å². The zero-order chi connectivity index (χ0) is 6.69. The van der Waals surface area contributed by atoms with Crippen molar-refractivity contribution in [1.29, 1.82) is 0 Å². The van der Waals surface area contributed by atoms with Crippen LogP contribution in [-0.4, -0.2) is 0 Å². The summed E-state index contributed by atoms with van der Waals surface area (Å²) in [5.41, 5.74) is 0.664. The highest BCUT2D eigenvalue weighted by Gasteiger charge is 2.00. The van der Waals surface area contributed by atoms with Gasteiger partial charge >= 0.3 is 0 Å². The molecule has 0 saturated carbocycles. The molecule has 0 spiro atoms. The number of rotatable bonds is 1. The molecule has 0 radical (unpaired) electrons. The molecule has 0 aliphatic carbocycles. The number of halogens is 2. The average molecular weight is 188 g/mol. The van der Waals surface area contributed by atoms with Crippen LogP contribution >= 0.6 is 15.9 Å². The standard InChI is InChI=1S/C7H6BrF/c8-7(9)6-4-2-1-3-5-6/h1-5,7H/i9-1. The Bertz CT molecular complexity index is 172. The summed E-state index contributed by atoms with van der Waals surface area (Å²) in [7, 11) is 0. The normalized spacial score (nSPS) is 13.1. The van der Waals surface area contributed by atoms with Gasteiger partial charge < -0.3 is 0 Å². The highest BCUT2D eigenvalue weighted by atomic mass is 79.9. The zero-order valence-electron chi connectivity index (χ0n) is 4.72. The molecule has 0 aliphatic rings. The third kappa shape index (κ3) is 1.79. The predicted octanol–water partition coefficient (Wildman–Crippen LogP) is 3.05. The average Bonchev–Trinajstić information content (AvgIpc) is 1.90. The van der Waals surface area contributed by atoms with Gasteiger partial charge in [-0.05, 0) is 21.5 Å². The van der Waals surface area contributed by atoms with Crippen molar-refractivity contribution in [2.75, 3.05) is 0 Å². The Morgan fingerprint density at radius 1 is 1.22 bits per heavy atom. The molecule has 48 valence electrons. The highest BCUT2D eigenvalue weighted by Crippen LogP contribution is 2.22. The minimum Gasteiger partial charge on any atom is -0.230 e. The van der Waals surface area contributed by atoms with Crippen LogP contribution in [0.2, 0.25) is 0 Å². The third-order valence-electron chi connectivity index (χ3n) is 1.05. The van der Waals surface area contributed by atoms with Gasteiger partial charge in [0.15, 0.2) is 5.08 Å². The summed E-state index contributed by atoms with van der Waals surface area (Å²) >= 11 is 2.82. The van der Waals surface area contributed by atoms with Gasteiger partial charge in [-0.25, -0.2) is 4.39 Å². The summed E-state index contributed by atoms with van der Waals surface area (Å²) < 4.78 is 12.4. The fourth-order valence-electron chi connectivity index (χ4n) is 0.599. The maximum Gasteiger partial charge on any atom is 0.180 e. The molecule has 0 saturated heterocycles. The van der Waals surface area contributed by atoms with Gasteiger partial charge in [-0.2, -0.15) is 0 Å². The van der Waals surface area contributed by atoms with Crippen LogP contribution in [0.25, 0.3) is 0 Å². The van der Waals surface area contributed by atoms with E-state index >= 15 is 0 Å². The van der Waals surface area contributed by atoms with Crippen LogP contribution in [-0.2, 0) is 0 Å². The molecular weight excluding hydrogens is 182 g/mol. The molecule has 1 atom stereocenters. The van der Waals surface area contributed by atoms with Gasteiger partial charge in [-0.3, -0.25) is 0 Å². The molecule has 1 aromatic rings. The second-order valence-electron chi connectivity index (χ2n) is 1.71. The van der Waals surface area contributed by atoms with Gasteiger partial charge in [0, 0.05) is 0 Å². The van der Waals surface area contributed by atoms with Crippen molar-refractivity contribution in [2.45, 2.75) is 5.08 Å². The molecule has 2 heteroatoms. The van der Waals surface area contributed by atoms with Crippen LogP contribution in [0.5, 0.6) is 0 Å². The Hall–Kier alpha value is -0.370. The Kier molecular flexibility index (Phi) is 2.22. The monoisotopic (exact) mass is 187 g/mol. The second kappa shape index (κ2) is 2.97. The largest absolute Gasteiger partial charge is 0.230 e. The smallest absolute Gasteiger partial charge is 0.180 e. The minimum atomic E-state index is -1.03. The Morgan fingerprint density at radius 2 is 1.78 bits per heavy atom. The fourth-order valence-corrected chi connectivity index (χ4v) is 0.904. The number of benzene rings is 1. The van der Waals surface area contributed by atoms with E-state index in [-0.39, 0.29) is 0 Å². The molecule has 0 nitrogen and oxygen atoms in total. The Labute approximate surface area is 61.8 Å². The first-order chi connectivity index (χ1) is 4.30. The van der Waals surface area contributed by atoms with Crippen molar-refractivity contribution in [1.82, 2.24) is 0 Å². The second-order valence-corrected chi connectivity index (χ2v) is 2.52. The predicted molar refractivity (Wildman–Crippen MR) is 39.2 cm³/mol. The molecule has 0 bridgehead atoms. The van der Waals surface area contributed by atoms with Crippen LogP contribution in [0.3, 0.4) is 0 Å². The maximum atomic E-state index is 12.4. The lowest BCUT2D eigenvalue weighted by Crippen LogP contribution is -1.77. The van der Waals surface area contributed by atoms with Crippen molar-refractivity contribution >= 4 is 15.9 Å². The van der Waals surface area contributed by atoms with Gasteiger partial charge in [-0.1, -0.05) is 30.3 Å². The summed E-state index contributed by atoms with van der Waals surface area (Å²) in [6, 6.07) is 8.95. The van der Waals surface area contributed by atoms with Crippen molar-refractivity contribution < 1.29 is 4.39 Å². The molecular formula is C7H6BrF.